The van der Waals surface area contributed by atoms with Gasteiger partial charge in [-0.3, -0.25) is 4.55 Å². The highest BCUT2D eigenvalue weighted by Crippen LogP contribution is 2.33. The third kappa shape index (κ3) is 5.26. The van der Waals surface area contributed by atoms with Crippen LogP contribution >= 0.6 is 0 Å². The largest absolute Gasteiger partial charge is 0.419 e. The zero-order chi connectivity index (χ0) is 19.5. The van der Waals surface area contributed by atoms with Gasteiger partial charge < -0.3 is 5.32 Å². The van der Waals surface area contributed by atoms with Crippen molar-refractivity contribution in [2.24, 2.45) is 0 Å². The molecule has 0 saturated carbocycles. The van der Waals surface area contributed by atoms with Gasteiger partial charge in [-0.25, -0.2) is 4.39 Å². The van der Waals surface area contributed by atoms with Crippen molar-refractivity contribution in [2.45, 2.75) is 23.9 Å². The van der Waals surface area contributed by atoms with Gasteiger partial charge in [0, 0.05) is 19.0 Å². The smallest absolute Gasteiger partial charge is 0.315 e. The lowest BCUT2D eigenvalue weighted by molar-refractivity contribution is -0.140. The van der Waals surface area contributed by atoms with Gasteiger partial charge in [0.1, 0.15) is 5.82 Å². The SMILES string of the molecule is Cc1ccc(S(=O)(=O)O)cc1.Fc1cc(C2CNC2)ccc1C(F)(F)F. The molecule has 3 rings (SSSR count). The number of nitrogens with one attached hydrogen (secondary N) is 1. The molecule has 1 heterocycles. The van der Waals surface area contributed by atoms with Crippen LogP contribution in [0, 0.1) is 12.7 Å². The van der Waals surface area contributed by atoms with Crippen LogP contribution in [0.2, 0.25) is 0 Å². The number of aryl methyl sites for hydroxylation is 1. The topological polar surface area (TPSA) is 66.4 Å². The molecule has 0 spiro atoms. The molecule has 0 bridgehead atoms. The Balaban J connectivity index is 0.000000197. The van der Waals surface area contributed by atoms with Gasteiger partial charge in [-0.05, 0) is 36.8 Å². The maximum Gasteiger partial charge on any atom is 0.419 e. The molecule has 1 aliphatic heterocycles. The van der Waals surface area contributed by atoms with Crippen LogP contribution in [0.1, 0.15) is 22.6 Å². The first-order chi connectivity index (χ1) is 12.0. The average molecular weight is 391 g/mol. The lowest BCUT2D eigenvalue weighted by Gasteiger charge is -2.27. The molecule has 0 amide bonds. The number of alkyl halides is 3. The highest BCUT2D eigenvalue weighted by molar-refractivity contribution is 7.85. The molecule has 2 N–H and O–H groups in total. The zero-order valence-corrected chi connectivity index (χ0v) is 14.5. The summed E-state index contributed by atoms with van der Waals surface area (Å²) in [7, 11) is -4.02. The Kier molecular flexibility index (Phi) is 6.05. The minimum Gasteiger partial charge on any atom is -0.315 e. The summed E-state index contributed by atoms with van der Waals surface area (Å²) < 4.78 is 79.4. The van der Waals surface area contributed by atoms with E-state index in [-0.39, 0.29) is 10.8 Å². The first kappa shape index (κ1) is 20.3. The Morgan fingerprint density at radius 2 is 1.65 bits per heavy atom. The summed E-state index contributed by atoms with van der Waals surface area (Å²) in [6.45, 7) is 3.24. The maximum atomic E-state index is 13.1. The second-order valence-corrected chi connectivity index (χ2v) is 7.30. The predicted octanol–water partition coefficient (Wildman–Crippen LogP) is 3.77. The molecule has 1 aliphatic rings. The van der Waals surface area contributed by atoms with Gasteiger partial charge in [0.05, 0.1) is 10.5 Å². The molecular formula is C17H17F4NO3S. The van der Waals surface area contributed by atoms with Gasteiger partial charge in [-0.1, -0.05) is 23.8 Å². The summed E-state index contributed by atoms with van der Waals surface area (Å²) in [5, 5.41) is 2.98. The average Bonchev–Trinajstić information content (AvgIpc) is 2.44. The number of hydrogen-bond acceptors (Lipinski definition) is 3. The van der Waals surface area contributed by atoms with E-state index >= 15 is 0 Å². The summed E-state index contributed by atoms with van der Waals surface area (Å²) in [5.41, 5.74) is 0.384. The van der Waals surface area contributed by atoms with E-state index < -0.39 is 27.7 Å². The molecule has 0 aliphatic carbocycles. The Morgan fingerprint density at radius 3 is 2.04 bits per heavy atom. The monoisotopic (exact) mass is 391 g/mol. The van der Waals surface area contributed by atoms with Crippen LogP contribution in [0.5, 0.6) is 0 Å². The van der Waals surface area contributed by atoms with E-state index in [4.69, 9.17) is 4.55 Å². The molecule has 0 radical (unpaired) electrons. The van der Waals surface area contributed by atoms with Gasteiger partial charge in [0.2, 0.25) is 0 Å². The zero-order valence-electron chi connectivity index (χ0n) is 13.7. The van der Waals surface area contributed by atoms with Crippen molar-refractivity contribution in [3.63, 3.8) is 0 Å². The first-order valence-corrected chi connectivity index (χ1v) is 9.04. The Bertz CT molecular complexity index is 861. The molecule has 0 atom stereocenters. The molecule has 0 aromatic heterocycles. The third-order valence-corrected chi connectivity index (χ3v) is 4.74. The standard InChI is InChI=1S/C10H9F4N.C7H8O3S/c11-9-3-6(7-4-15-5-7)1-2-8(9)10(12,13)14;1-6-2-4-7(5-3-6)11(8,9)10/h1-3,7,15H,4-5H2;2-5H,1H3,(H,8,9,10). The molecule has 4 nitrogen and oxygen atoms in total. The Hall–Kier alpha value is -1.97. The van der Waals surface area contributed by atoms with Crippen molar-refractivity contribution in [3.8, 4) is 0 Å². The van der Waals surface area contributed by atoms with Gasteiger partial charge in [0.25, 0.3) is 10.1 Å². The fourth-order valence-electron chi connectivity index (χ4n) is 2.25. The lowest BCUT2D eigenvalue weighted by atomic mass is 9.93. The number of hydrogen-bond donors (Lipinski definition) is 2. The normalized spacial score (nSPS) is 15.0. The van der Waals surface area contributed by atoms with Crippen molar-refractivity contribution >= 4 is 10.1 Å². The maximum absolute atomic E-state index is 13.1. The molecule has 2 aromatic carbocycles. The van der Waals surface area contributed by atoms with Crippen LogP contribution in [0.15, 0.2) is 47.4 Å². The van der Waals surface area contributed by atoms with E-state index in [1.165, 1.54) is 18.2 Å². The van der Waals surface area contributed by atoms with Crippen molar-refractivity contribution in [2.75, 3.05) is 13.1 Å². The van der Waals surface area contributed by atoms with E-state index in [2.05, 4.69) is 5.32 Å². The molecule has 2 aromatic rings. The Morgan fingerprint density at radius 1 is 1.08 bits per heavy atom. The van der Waals surface area contributed by atoms with Crippen molar-refractivity contribution < 1.29 is 30.5 Å². The highest BCUT2D eigenvalue weighted by Gasteiger charge is 2.34. The van der Waals surface area contributed by atoms with Crippen molar-refractivity contribution in [3.05, 3.63) is 65.0 Å². The van der Waals surface area contributed by atoms with Crippen LogP contribution in [0.25, 0.3) is 0 Å². The van der Waals surface area contributed by atoms with Crippen molar-refractivity contribution in [1.82, 2.24) is 5.32 Å². The van der Waals surface area contributed by atoms with Crippen LogP contribution in [0.3, 0.4) is 0 Å². The van der Waals surface area contributed by atoms with Crippen LogP contribution in [-0.2, 0) is 16.3 Å². The number of benzene rings is 2. The van der Waals surface area contributed by atoms with Crippen LogP contribution in [-0.4, -0.2) is 26.1 Å². The highest BCUT2D eigenvalue weighted by atomic mass is 32.2. The second kappa shape index (κ2) is 7.73. The summed E-state index contributed by atoms with van der Waals surface area (Å²) in [6, 6.07) is 9.12. The first-order valence-electron chi connectivity index (χ1n) is 7.60. The molecule has 1 saturated heterocycles. The van der Waals surface area contributed by atoms with Gasteiger partial charge in [0.15, 0.2) is 0 Å². The fourth-order valence-corrected chi connectivity index (χ4v) is 2.73. The van der Waals surface area contributed by atoms with E-state index in [0.29, 0.717) is 18.7 Å². The van der Waals surface area contributed by atoms with E-state index in [1.807, 2.05) is 6.92 Å². The molecule has 1 fully saturated rings. The molecule has 142 valence electrons. The molecule has 26 heavy (non-hydrogen) atoms. The minimum absolute atomic E-state index is 0.0666. The van der Waals surface area contributed by atoms with E-state index in [0.717, 1.165) is 17.7 Å². The van der Waals surface area contributed by atoms with Gasteiger partial charge in [-0.15, -0.1) is 0 Å². The summed E-state index contributed by atoms with van der Waals surface area (Å²) >= 11 is 0. The quantitative estimate of drug-likeness (QED) is 0.604. The number of rotatable bonds is 2. The minimum atomic E-state index is -4.61. The van der Waals surface area contributed by atoms with Crippen LogP contribution < -0.4 is 5.32 Å². The molecule has 9 heteroatoms. The summed E-state index contributed by atoms with van der Waals surface area (Å²) in [5.74, 6) is -1.05. The molecular weight excluding hydrogens is 374 g/mol. The summed E-state index contributed by atoms with van der Waals surface area (Å²) in [4.78, 5) is -0.0666. The number of halogens is 4. The van der Waals surface area contributed by atoms with Crippen molar-refractivity contribution in [1.29, 1.82) is 0 Å². The second-order valence-electron chi connectivity index (χ2n) is 5.88. The predicted molar refractivity (Wildman–Crippen MR) is 88.0 cm³/mol. The summed E-state index contributed by atoms with van der Waals surface area (Å²) in [6.07, 6.45) is -4.61. The fraction of sp³-hybridized carbons (Fsp3) is 0.294. The Labute approximate surface area is 148 Å². The third-order valence-electron chi connectivity index (χ3n) is 3.87. The van der Waals surface area contributed by atoms with E-state index in [1.54, 1.807) is 12.1 Å². The lowest BCUT2D eigenvalue weighted by Crippen LogP contribution is -2.39. The molecule has 0 unspecified atom stereocenters. The van der Waals surface area contributed by atoms with E-state index in [9.17, 15) is 26.0 Å². The van der Waals surface area contributed by atoms with Gasteiger partial charge >= 0.3 is 6.18 Å². The van der Waals surface area contributed by atoms with Crippen LogP contribution in [0.4, 0.5) is 17.6 Å². The van der Waals surface area contributed by atoms with Gasteiger partial charge in [-0.2, -0.15) is 21.6 Å².